The van der Waals surface area contributed by atoms with Crippen LogP contribution in [0.25, 0.3) is 11.3 Å². The lowest BCUT2D eigenvalue weighted by molar-refractivity contribution is 0.294. The third-order valence-electron chi connectivity index (χ3n) is 2.77. The first-order valence-corrected chi connectivity index (χ1v) is 6.58. The third-order valence-corrected chi connectivity index (χ3v) is 2.77. The van der Waals surface area contributed by atoms with Gasteiger partial charge in [-0.1, -0.05) is 6.92 Å². The van der Waals surface area contributed by atoms with E-state index in [1.807, 2.05) is 25.1 Å². The molecule has 0 unspecified atom stereocenters. The van der Waals surface area contributed by atoms with Gasteiger partial charge in [-0.25, -0.2) is 0 Å². The molecule has 0 fully saturated rings. The number of anilines is 1. The predicted octanol–water partition coefficient (Wildman–Crippen LogP) is 2.83. The number of nitriles is 1. The van der Waals surface area contributed by atoms with Crippen LogP contribution >= 0.6 is 0 Å². The van der Waals surface area contributed by atoms with Gasteiger partial charge in [0.25, 0.3) is 0 Å². The summed E-state index contributed by atoms with van der Waals surface area (Å²) in [7, 11) is 1.61. The van der Waals surface area contributed by atoms with Crippen molar-refractivity contribution in [1.82, 2.24) is 10.2 Å². The molecule has 0 aliphatic carbocycles. The predicted molar refractivity (Wildman–Crippen MR) is 79.0 cm³/mol. The van der Waals surface area contributed by atoms with Crippen LogP contribution < -0.4 is 14.8 Å². The van der Waals surface area contributed by atoms with Crippen LogP contribution in [0.5, 0.6) is 11.5 Å². The lowest BCUT2D eigenvalue weighted by Crippen LogP contribution is -1.99. The van der Waals surface area contributed by atoms with Gasteiger partial charge in [-0.05, 0) is 36.8 Å². The second-order valence-corrected chi connectivity index (χ2v) is 4.25. The SMILES string of the molecule is CCCOc1cc(-c2ccc(NC#N)nn2)ccc1OC. The normalized spacial score (nSPS) is 9.76. The summed E-state index contributed by atoms with van der Waals surface area (Å²) in [4.78, 5) is 0. The van der Waals surface area contributed by atoms with Crippen molar-refractivity contribution >= 4 is 5.82 Å². The smallest absolute Gasteiger partial charge is 0.182 e. The van der Waals surface area contributed by atoms with Crippen molar-refractivity contribution in [2.24, 2.45) is 0 Å². The van der Waals surface area contributed by atoms with E-state index in [4.69, 9.17) is 14.7 Å². The summed E-state index contributed by atoms with van der Waals surface area (Å²) in [5, 5.41) is 19.0. The van der Waals surface area contributed by atoms with E-state index in [9.17, 15) is 0 Å². The van der Waals surface area contributed by atoms with E-state index in [2.05, 4.69) is 15.5 Å². The van der Waals surface area contributed by atoms with E-state index in [1.165, 1.54) is 0 Å². The van der Waals surface area contributed by atoms with Crippen LogP contribution in [0.1, 0.15) is 13.3 Å². The van der Waals surface area contributed by atoms with E-state index in [1.54, 1.807) is 25.4 Å². The molecule has 1 N–H and O–H groups in total. The van der Waals surface area contributed by atoms with Gasteiger partial charge in [0.1, 0.15) is 0 Å². The van der Waals surface area contributed by atoms with Crippen LogP contribution in [0.2, 0.25) is 0 Å². The summed E-state index contributed by atoms with van der Waals surface area (Å²) in [6.07, 6.45) is 2.72. The Morgan fingerprint density at radius 1 is 1.19 bits per heavy atom. The first kappa shape index (κ1) is 14.6. The van der Waals surface area contributed by atoms with Gasteiger partial charge in [-0.15, -0.1) is 10.2 Å². The van der Waals surface area contributed by atoms with Crippen LogP contribution in [0.15, 0.2) is 30.3 Å². The molecule has 6 nitrogen and oxygen atoms in total. The maximum Gasteiger partial charge on any atom is 0.182 e. The Morgan fingerprint density at radius 3 is 2.67 bits per heavy atom. The van der Waals surface area contributed by atoms with Crippen LogP contribution in [-0.4, -0.2) is 23.9 Å². The van der Waals surface area contributed by atoms with Crippen molar-refractivity contribution < 1.29 is 9.47 Å². The minimum atomic E-state index is 0.414. The number of ether oxygens (including phenoxy) is 2. The maximum absolute atomic E-state index is 8.52. The van der Waals surface area contributed by atoms with Crippen LogP contribution in [-0.2, 0) is 0 Å². The Balaban J connectivity index is 2.28. The van der Waals surface area contributed by atoms with Gasteiger partial charge in [0.2, 0.25) is 0 Å². The molecule has 2 rings (SSSR count). The molecule has 0 saturated heterocycles. The van der Waals surface area contributed by atoms with Gasteiger partial charge in [0.05, 0.1) is 19.4 Å². The minimum absolute atomic E-state index is 0.414. The molecule has 1 aromatic carbocycles. The summed E-state index contributed by atoms with van der Waals surface area (Å²) in [6, 6.07) is 9.08. The van der Waals surface area contributed by atoms with E-state index in [-0.39, 0.29) is 0 Å². The van der Waals surface area contributed by atoms with Crippen molar-refractivity contribution in [3.8, 4) is 28.9 Å². The highest BCUT2D eigenvalue weighted by atomic mass is 16.5. The molecule has 0 spiro atoms. The lowest BCUT2D eigenvalue weighted by atomic mass is 10.1. The minimum Gasteiger partial charge on any atom is -0.493 e. The first-order chi connectivity index (χ1) is 10.3. The Hall–Kier alpha value is -2.81. The van der Waals surface area contributed by atoms with Gasteiger partial charge in [-0.3, -0.25) is 5.32 Å². The Morgan fingerprint density at radius 2 is 2.05 bits per heavy atom. The molecule has 0 radical (unpaired) electrons. The summed E-state index contributed by atoms with van der Waals surface area (Å²) < 4.78 is 11.0. The number of aromatic nitrogens is 2. The fraction of sp³-hybridized carbons (Fsp3) is 0.267. The molecule has 2 aromatic rings. The average Bonchev–Trinajstić information content (AvgIpc) is 2.53. The van der Waals surface area contributed by atoms with Crippen molar-refractivity contribution in [2.45, 2.75) is 13.3 Å². The van der Waals surface area contributed by atoms with Gasteiger partial charge in [-0.2, -0.15) is 5.26 Å². The molecular formula is C15H16N4O2. The van der Waals surface area contributed by atoms with Gasteiger partial charge < -0.3 is 9.47 Å². The monoisotopic (exact) mass is 284 g/mol. The zero-order chi connectivity index (χ0) is 15.1. The number of nitrogens with one attached hydrogen (secondary N) is 1. The van der Waals surface area contributed by atoms with Gasteiger partial charge >= 0.3 is 0 Å². The van der Waals surface area contributed by atoms with E-state index >= 15 is 0 Å². The highest BCUT2D eigenvalue weighted by molar-refractivity contribution is 5.64. The summed E-state index contributed by atoms with van der Waals surface area (Å²) >= 11 is 0. The van der Waals surface area contributed by atoms with Crippen LogP contribution in [0.3, 0.4) is 0 Å². The van der Waals surface area contributed by atoms with E-state index in [0.717, 1.165) is 12.0 Å². The van der Waals surface area contributed by atoms with Crippen molar-refractivity contribution in [2.75, 3.05) is 19.0 Å². The molecule has 0 atom stereocenters. The zero-order valence-electron chi connectivity index (χ0n) is 12.0. The number of methoxy groups -OCH3 is 1. The van der Waals surface area contributed by atoms with Crippen LogP contribution in [0, 0.1) is 11.5 Å². The maximum atomic E-state index is 8.52. The van der Waals surface area contributed by atoms with E-state index < -0.39 is 0 Å². The zero-order valence-corrected chi connectivity index (χ0v) is 12.0. The third kappa shape index (κ3) is 3.60. The van der Waals surface area contributed by atoms with Crippen molar-refractivity contribution in [3.05, 3.63) is 30.3 Å². The molecule has 0 aliphatic rings. The van der Waals surface area contributed by atoms with Crippen molar-refractivity contribution in [3.63, 3.8) is 0 Å². The molecule has 1 heterocycles. The number of benzene rings is 1. The first-order valence-electron chi connectivity index (χ1n) is 6.58. The number of nitrogens with zero attached hydrogens (tertiary/aromatic N) is 3. The Bertz CT molecular complexity index is 635. The Kier molecular flexibility index (Phi) is 4.94. The molecule has 0 bridgehead atoms. The highest BCUT2D eigenvalue weighted by Gasteiger charge is 2.08. The molecule has 0 amide bonds. The van der Waals surface area contributed by atoms with Gasteiger partial charge in [0, 0.05) is 5.56 Å². The molecule has 108 valence electrons. The molecule has 21 heavy (non-hydrogen) atoms. The highest BCUT2D eigenvalue weighted by Crippen LogP contribution is 2.32. The molecule has 1 aromatic heterocycles. The average molecular weight is 284 g/mol. The van der Waals surface area contributed by atoms with Crippen molar-refractivity contribution in [1.29, 1.82) is 5.26 Å². The number of hydrogen-bond acceptors (Lipinski definition) is 6. The standard InChI is InChI=1S/C15H16N4O2/c1-3-8-21-14-9-11(4-6-13(14)20-2)12-5-7-15(17-10-16)19-18-12/h4-7,9H,3,8H2,1-2H3,(H,17,19). The largest absolute Gasteiger partial charge is 0.493 e. The lowest BCUT2D eigenvalue weighted by Gasteiger charge is -2.11. The fourth-order valence-corrected chi connectivity index (χ4v) is 1.77. The molecule has 6 heteroatoms. The molecular weight excluding hydrogens is 268 g/mol. The summed E-state index contributed by atoms with van der Waals surface area (Å²) in [5.74, 6) is 1.78. The number of rotatable bonds is 6. The Labute approximate surface area is 123 Å². The quantitative estimate of drug-likeness (QED) is 0.649. The van der Waals surface area contributed by atoms with Gasteiger partial charge in [0.15, 0.2) is 23.5 Å². The second-order valence-electron chi connectivity index (χ2n) is 4.25. The molecule has 0 aliphatic heterocycles. The topological polar surface area (TPSA) is 80.1 Å². The second kappa shape index (κ2) is 7.10. The summed E-state index contributed by atoms with van der Waals surface area (Å²) in [6.45, 7) is 2.67. The molecule has 0 saturated carbocycles. The summed E-state index contributed by atoms with van der Waals surface area (Å²) in [5.41, 5.74) is 1.57. The fourth-order valence-electron chi connectivity index (χ4n) is 1.77. The van der Waals surface area contributed by atoms with Crippen LogP contribution in [0.4, 0.5) is 5.82 Å². The number of hydrogen-bond donors (Lipinski definition) is 1. The van der Waals surface area contributed by atoms with E-state index in [0.29, 0.717) is 29.6 Å².